The van der Waals surface area contributed by atoms with E-state index in [0.717, 1.165) is 31.5 Å². The summed E-state index contributed by atoms with van der Waals surface area (Å²) >= 11 is 4.59. The Labute approximate surface area is 152 Å². The second-order valence-corrected chi connectivity index (χ2v) is 8.67. The maximum atomic E-state index is 12.1. The fraction of sp³-hybridized carbons (Fsp3) is 0.400. The lowest BCUT2D eigenvalue weighted by atomic mass is 10.1. The molecule has 2 aromatic rings. The van der Waals surface area contributed by atoms with Crippen LogP contribution in [0.5, 0.6) is 11.5 Å². The maximum absolute atomic E-state index is 12.1. The first-order valence-corrected chi connectivity index (χ1v) is 10.2. The number of thioether (sulfide) groups is 2. The predicted molar refractivity (Wildman–Crippen MR) is 96.2 cm³/mol. The van der Waals surface area contributed by atoms with Crippen molar-refractivity contribution in [2.24, 2.45) is 0 Å². The van der Waals surface area contributed by atoms with Crippen LogP contribution in [0.3, 0.4) is 0 Å². The molecule has 0 unspecified atom stereocenters. The van der Waals surface area contributed by atoms with Crippen LogP contribution < -0.4 is 14.8 Å². The average Bonchev–Trinajstić information content (AvgIpc) is 3.21. The molecule has 1 aromatic carbocycles. The van der Waals surface area contributed by atoms with E-state index in [9.17, 15) is 4.79 Å². The molecule has 1 aliphatic rings. The Bertz CT molecular complexity index is 723. The van der Waals surface area contributed by atoms with Gasteiger partial charge >= 0.3 is 0 Å². The van der Waals surface area contributed by atoms with Gasteiger partial charge in [-0.1, -0.05) is 47.9 Å². The van der Waals surface area contributed by atoms with Crippen LogP contribution >= 0.6 is 34.9 Å². The number of amides is 1. The van der Waals surface area contributed by atoms with Crippen LogP contribution in [0, 0.1) is 0 Å². The highest BCUT2D eigenvalue weighted by Gasteiger charge is 2.17. The summed E-state index contributed by atoms with van der Waals surface area (Å²) in [5.41, 5.74) is 0.982. The first-order valence-electron chi connectivity index (χ1n) is 7.43. The van der Waals surface area contributed by atoms with E-state index in [1.54, 1.807) is 11.8 Å². The Balaban J connectivity index is 1.50. The number of nitrogens with zero attached hydrogens (tertiary/aromatic N) is 2. The van der Waals surface area contributed by atoms with Crippen LogP contribution in [-0.4, -0.2) is 34.4 Å². The van der Waals surface area contributed by atoms with Crippen molar-refractivity contribution in [3.63, 3.8) is 0 Å². The first-order chi connectivity index (χ1) is 11.7. The summed E-state index contributed by atoms with van der Waals surface area (Å²) in [6.45, 7) is 4.27. The van der Waals surface area contributed by atoms with Gasteiger partial charge in [-0.15, -0.1) is 10.2 Å². The van der Waals surface area contributed by atoms with Crippen LogP contribution in [0.1, 0.15) is 25.5 Å². The molecule has 128 valence electrons. The third-order valence-corrected chi connectivity index (χ3v) is 6.33. The van der Waals surface area contributed by atoms with E-state index in [4.69, 9.17) is 9.47 Å². The molecule has 9 heteroatoms. The zero-order chi connectivity index (χ0) is 16.9. The number of aromatic nitrogens is 2. The third kappa shape index (κ3) is 4.34. The smallest absolute Gasteiger partial charge is 0.231 e. The molecule has 1 atom stereocenters. The van der Waals surface area contributed by atoms with Gasteiger partial charge in [0.25, 0.3) is 0 Å². The molecule has 0 spiro atoms. The lowest BCUT2D eigenvalue weighted by molar-refractivity contribution is -0.119. The van der Waals surface area contributed by atoms with Gasteiger partial charge in [-0.3, -0.25) is 4.79 Å². The van der Waals surface area contributed by atoms with Crippen LogP contribution in [-0.2, 0) is 4.79 Å². The fourth-order valence-corrected chi connectivity index (χ4v) is 4.84. The molecule has 2 heterocycles. The van der Waals surface area contributed by atoms with Crippen molar-refractivity contribution < 1.29 is 14.3 Å². The minimum atomic E-state index is -0.103. The van der Waals surface area contributed by atoms with E-state index in [1.807, 2.05) is 25.1 Å². The van der Waals surface area contributed by atoms with Gasteiger partial charge in [0.1, 0.15) is 0 Å². The fourth-order valence-electron chi connectivity index (χ4n) is 2.11. The number of benzene rings is 1. The largest absolute Gasteiger partial charge is 0.454 e. The van der Waals surface area contributed by atoms with E-state index in [0.29, 0.717) is 5.75 Å². The van der Waals surface area contributed by atoms with E-state index in [-0.39, 0.29) is 18.7 Å². The topological polar surface area (TPSA) is 73.3 Å². The van der Waals surface area contributed by atoms with Crippen LogP contribution in [0.4, 0.5) is 0 Å². The number of ether oxygens (including phenoxy) is 2. The molecule has 1 aliphatic heterocycles. The summed E-state index contributed by atoms with van der Waals surface area (Å²) in [6, 6.07) is 5.60. The average molecular weight is 384 g/mol. The summed E-state index contributed by atoms with van der Waals surface area (Å²) in [4.78, 5) is 12.1. The van der Waals surface area contributed by atoms with Gasteiger partial charge in [0.05, 0.1) is 11.8 Å². The lowest BCUT2D eigenvalue weighted by Gasteiger charge is -2.14. The van der Waals surface area contributed by atoms with Gasteiger partial charge in [0, 0.05) is 0 Å². The minimum absolute atomic E-state index is 0.0370. The number of hydrogen-bond acceptors (Lipinski definition) is 8. The zero-order valence-electron chi connectivity index (χ0n) is 13.3. The number of fused-ring (bicyclic) bond motifs is 1. The van der Waals surface area contributed by atoms with Gasteiger partial charge in [-0.25, -0.2) is 0 Å². The van der Waals surface area contributed by atoms with Gasteiger partial charge in [0.15, 0.2) is 20.2 Å². The molecule has 0 aliphatic carbocycles. The molecule has 0 fully saturated rings. The second kappa shape index (κ2) is 8.09. The highest BCUT2D eigenvalue weighted by molar-refractivity contribution is 8.03. The number of hydrogen-bond donors (Lipinski definition) is 1. The van der Waals surface area contributed by atoms with Crippen molar-refractivity contribution >= 4 is 40.8 Å². The SMILES string of the molecule is CCSc1nnc(SCC(=O)N[C@H](C)c2ccc3c(c2)OCO3)s1. The summed E-state index contributed by atoms with van der Waals surface area (Å²) in [7, 11) is 0. The van der Waals surface area contributed by atoms with Crippen molar-refractivity contribution in [1.29, 1.82) is 0 Å². The lowest BCUT2D eigenvalue weighted by Crippen LogP contribution is -2.28. The highest BCUT2D eigenvalue weighted by atomic mass is 32.2. The van der Waals surface area contributed by atoms with Crippen LogP contribution in [0.25, 0.3) is 0 Å². The monoisotopic (exact) mass is 383 g/mol. The second-order valence-electron chi connectivity index (χ2n) is 4.96. The first kappa shape index (κ1) is 17.4. The summed E-state index contributed by atoms with van der Waals surface area (Å²) < 4.78 is 12.4. The van der Waals surface area contributed by atoms with Crippen LogP contribution in [0.2, 0.25) is 0 Å². The molecule has 24 heavy (non-hydrogen) atoms. The van der Waals surface area contributed by atoms with E-state index in [1.165, 1.54) is 23.1 Å². The molecule has 3 rings (SSSR count). The van der Waals surface area contributed by atoms with Gasteiger partial charge in [-0.05, 0) is 30.4 Å². The van der Waals surface area contributed by atoms with Gasteiger partial charge in [-0.2, -0.15) is 0 Å². The molecule has 6 nitrogen and oxygen atoms in total. The number of carbonyl (C=O) groups is 1. The van der Waals surface area contributed by atoms with Crippen molar-refractivity contribution in [3.05, 3.63) is 23.8 Å². The molecular weight excluding hydrogens is 366 g/mol. The molecular formula is C15H17N3O3S3. The maximum Gasteiger partial charge on any atom is 0.231 e. The Morgan fingerprint density at radius 1 is 1.29 bits per heavy atom. The molecule has 1 aromatic heterocycles. The zero-order valence-corrected chi connectivity index (χ0v) is 15.7. The van der Waals surface area contributed by atoms with Crippen molar-refractivity contribution in [2.75, 3.05) is 18.3 Å². The Morgan fingerprint density at radius 3 is 2.83 bits per heavy atom. The summed E-state index contributed by atoms with van der Waals surface area (Å²) in [5.74, 6) is 2.71. The molecule has 0 bridgehead atoms. The summed E-state index contributed by atoms with van der Waals surface area (Å²) in [5, 5.41) is 11.1. The minimum Gasteiger partial charge on any atom is -0.454 e. The van der Waals surface area contributed by atoms with Gasteiger partial charge < -0.3 is 14.8 Å². The third-order valence-electron chi connectivity index (χ3n) is 3.26. The number of carbonyl (C=O) groups excluding carboxylic acids is 1. The van der Waals surface area contributed by atoms with Gasteiger partial charge in [0.2, 0.25) is 12.7 Å². The number of rotatable bonds is 7. The molecule has 1 N–H and O–H groups in total. The van der Waals surface area contributed by atoms with Crippen molar-refractivity contribution in [1.82, 2.24) is 15.5 Å². The molecule has 0 saturated carbocycles. The van der Waals surface area contributed by atoms with E-state index in [2.05, 4.69) is 22.4 Å². The summed E-state index contributed by atoms with van der Waals surface area (Å²) in [6.07, 6.45) is 0. The predicted octanol–water partition coefficient (Wildman–Crippen LogP) is 3.35. The Kier molecular flexibility index (Phi) is 5.85. The Hall–Kier alpha value is -1.45. The number of nitrogens with one attached hydrogen (secondary N) is 1. The normalized spacial score (nSPS) is 13.8. The molecule has 0 radical (unpaired) electrons. The highest BCUT2D eigenvalue weighted by Crippen LogP contribution is 2.34. The molecule has 1 amide bonds. The van der Waals surface area contributed by atoms with Crippen molar-refractivity contribution in [2.45, 2.75) is 28.6 Å². The van der Waals surface area contributed by atoms with Crippen LogP contribution in [0.15, 0.2) is 26.9 Å². The standard InChI is InChI=1S/C15H17N3O3S3/c1-3-22-14-17-18-15(24-14)23-7-13(19)16-9(2)10-4-5-11-12(6-10)21-8-20-11/h4-6,9H,3,7-8H2,1-2H3,(H,16,19)/t9-/m1/s1. The Morgan fingerprint density at radius 2 is 2.04 bits per heavy atom. The van der Waals surface area contributed by atoms with E-state index >= 15 is 0 Å². The quantitative estimate of drug-likeness (QED) is 0.735. The van der Waals surface area contributed by atoms with Crippen molar-refractivity contribution in [3.8, 4) is 11.5 Å². The van der Waals surface area contributed by atoms with E-state index < -0.39 is 0 Å². The molecule has 0 saturated heterocycles.